The topological polar surface area (TPSA) is 12.0 Å². The number of benzene rings is 1. The molecule has 0 spiro atoms. The Morgan fingerprint density at radius 3 is 2.81 bits per heavy atom. The molecule has 0 radical (unpaired) electrons. The van der Waals surface area contributed by atoms with E-state index in [1.807, 2.05) is 0 Å². The summed E-state index contributed by atoms with van der Waals surface area (Å²) >= 11 is 3.25. The van der Waals surface area contributed by atoms with Gasteiger partial charge in [-0.25, -0.2) is 8.78 Å². The lowest BCUT2D eigenvalue weighted by Gasteiger charge is -2.24. The number of hydrogen-bond acceptors (Lipinski definition) is 1. The molecule has 1 aliphatic rings. The summed E-state index contributed by atoms with van der Waals surface area (Å²) in [6, 6.07) is 5.06. The molecule has 1 N–H and O–H groups in total. The summed E-state index contributed by atoms with van der Waals surface area (Å²) in [6.45, 7) is 2.82. The van der Waals surface area contributed by atoms with Gasteiger partial charge in [-0.15, -0.1) is 0 Å². The maximum Gasteiger partial charge on any atom is 0.277 e. The molecule has 1 unspecified atom stereocenters. The first-order valence-corrected chi connectivity index (χ1v) is 6.16. The normalized spacial score (nSPS) is 21.4. The molecule has 1 nitrogen and oxygen atoms in total. The van der Waals surface area contributed by atoms with Gasteiger partial charge in [-0.3, -0.25) is 0 Å². The molecule has 16 heavy (non-hydrogen) atoms. The van der Waals surface area contributed by atoms with Crippen molar-refractivity contribution in [1.29, 1.82) is 0 Å². The van der Waals surface area contributed by atoms with Gasteiger partial charge in [0.25, 0.3) is 5.92 Å². The van der Waals surface area contributed by atoms with Crippen molar-refractivity contribution in [2.75, 3.05) is 13.1 Å². The minimum absolute atomic E-state index is 0.149. The standard InChI is InChI=1S/C12H14BrF2N/c1-8-2-3-10(13)6-11(8)12(14,15)9-4-5-16-7-9/h2-3,6,9,16H,4-5,7H2,1H3. The van der Waals surface area contributed by atoms with E-state index >= 15 is 0 Å². The van der Waals surface area contributed by atoms with Gasteiger partial charge in [-0.2, -0.15) is 0 Å². The summed E-state index contributed by atoms with van der Waals surface area (Å²) in [5, 5.41) is 2.99. The molecule has 1 aromatic rings. The average Bonchev–Trinajstić information content (AvgIpc) is 2.75. The third-order valence-electron chi connectivity index (χ3n) is 3.13. The van der Waals surface area contributed by atoms with Gasteiger partial charge in [0.2, 0.25) is 0 Å². The molecular formula is C12H14BrF2N. The second kappa shape index (κ2) is 4.41. The molecule has 1 aliphatic heterocycles. The Bertz CT molecular complexity index is 387. The highest BCUT2D eigenvalue weighted by Gasteiger charge is 2.43. The summed E-state index contributed by atoms with van der Waals surface area (Å²) in [4.78, 5) is 0. The van der Waals surface area contributed by atoms with Crippen LogP contribution in [0.5, 0.6) is 0 Å². The van der Waals surface area contributed by atoms with E-state index in [0.29, 0.717) is 29.5 Å². The monoisotopic (exact) mass is 289 g/mol. The molecule has 4 heteroatoms. The third kappa shape index (κ3) is 2.13. The summed E-state index contributed by atoms with van der Waals surface area (Å²) < 4.78 is 29.2. The van der Waals surface area contributed by atoms with Gasteiger partial charge in [-0.05, 0) is 37.6 Å². The Morgan fingerprint density at radius 2 is 2.19 bits per heavy atom. The first-order valence-electron chi connectivity index (χ1n) is 5.37. The Kier molecular flexibility index (Phi) is 3.31. The fourth-order valence-corrected chi connectivity index (χ4v) is 2.50. The molecule has 1 heterocycles. The SMILES string of the molecule is Cc1ccc(Br)cc1C(F)(F)C1CCNC1. The van der Waals surface area contributed by atoms with E-state index in [-0.39, 0.29) is 5.56 Å². The Hall–Kier alpha value is -0.480. The number of alkyl halides is 2. The molecule has 0 saturated carbocycles. The lowest BCUT2D eigenvalue weighted by molar-refractivity contribution is -0.0581. The largest absolute Gasteiger partial charge is 0.316 e. The Balaban J connectivity index is 2.37. The fourth-order valence-electron chi connectivity index (χ4n) is 2.14. The van der Waals surface area contributed by atoms with Crippen LogP contribution >= 0.6 is 15.9 Å². The lowest BCUT2D eigenvalue weighted by atomic mass is 9.91. The molecule has 0 aliphatic carbocycles. The van der Waals surface area contributed by atoms with Gasteiger partial charge in [0.05, 0.1) is 0 Å². The Morgan fingerprint density at radius 1 is 1.44 bits per heavy atom. The zero-order valence-corrected chi connectivity index (χ0v) is 10.7. The maximum atomic E-state index is 14.2. The smallest absolute Gasteiger partial charge is 0.277 e. The number of halogens is 3. The van der Waals surface area contributed by atoms with Gasteiger partial charge < -0.3 is 5.32 Å². The minimum atomic E-state index is -2.74. The predicted molar refractivity (Wildman–Crippen MR) is 63.7 cm³/mol. The predicted octanol–water partition coefficient (Wildman–Crippen LogP) is 3.46. The molecule has 88 valence electrons. The molecule has 1 atom stereocenters. The zero-order valence-electron chi connectivity index (χ0n) is 9.06. The van der Waals surface area contributed by atoms with Crippen LogP contribution in [0.25, 0.3) is 0 Å². The van der Waals surface area contributed by atoms with Crippen LogP contribution in [-0.4, -0.2) is 13.1 Å². The average molecular weight is 290 g/mol. The maximum absolute atomic E-state index is 14.2. The van der Waals surface area contributed by atoms with Crippen molar-refractivity contribution in [2.45, 2.75) is 19.3 Å². The molecule has 1 saturated heterocycles. The number of aryl methyl sites for hydroxylation is 1. The van der Waals surface area contributed by atoms with E-state index in [9.17, 15) is 8.78 Å². The second-order valence-electron chi connectivity index (χ2n) is 4.27. The molecule has 0 amide bonds. The van der Waals surface area contributed by atoms with Crippen molar-refractivity contribution in [3.05, 3.63) is 33.8 Å². The van der Waals surface area contributed by atoms with Crippen molar-refractivity contribution in [1.82, 2.24) is 5.32 Å². The van der Waals surface area contributed by atoms with Gasteiger partial charge >= 0.3 is 0 Å². The first-order chi connectivity index (χ1) is 7.51. The summed E-state index contributed by atoms with van der Waals surface area (Å²) in [5.74, 6) is -3.32. The number of rotatable bonds is 2. The van der Waals surface area contributed by atoms with E-state index in [0.717, 1.165) is 0 Å². The van der Waals surface area contributed by atoms with E-state index < -0.39 is 11.8 Å². The van der Waals surface area contributed by atoms with Crippen LogP contribution in [0.1, 0.15) is 17.5 Å². The molecule has 2 rings (SSSR count). The molecular weight excluding hydrogens is 276 g/mol. The van der Waals surface area contributed by atoms with Crippen molar-refractivity contribution in [2.24, 2.45) is 5.92 Å². The van der Waals surface area contributed by atoms with E-state index in [1.54, 1.807) is 19.1 Å². The zero-order chi connectivity index (χ0) is 11.8. The van der Waals surface area contributed by atoms with Gasteiger partial charge in [0.15, 0.2) is 0 Å². The number of nitrogens with one attached hydrogen (secondary N) is 1. The van der Waals surface area contributed by atoms with Crippen molar-refractivity contribution < 1.29 is 8.78 Å². The van der Waals surface area contributed by atoms with Crippen molar-refractivity contribution in [3.8, 4) is 0 Å². The molecule has 0 aromatic heterocycles. The van der Waals surface area contributed by atoms with Crippen LogP contribution in [0, 0.1) is 12.8 Å². The van der Waals surface area contributed by atoms with Crippen LogP contribution in [-0.2, 0) is 5.92 Å². The van der Waals surface area contributed by atoms with Crippen LogP contribution < -0.4 is 5.32 Å². The molecule has 1 fully saturated rings. The summed E-state index contributed by atoms with van der Waals surface area (Å²) in [7, 11) is 0. The van der Waals surface area contributed by atoms with Gasteiger partial charge in [-0.1, -0.05) is 22.0 Å². The van der Waals surface area contributed by atoms with Crippen molar-refractivity contribution >= 4 is 15.9 Å². The highest BCUT2D eigenvalue weighted by Crippen LogP contribution is 2.41. The van der Waals surface area contributed by atoms with Crippen LogP contribution in [0.2, 0.25) is 0 Å². The number of hydrogen-bond donors (Lipinski definition) is 1. The van der Waals surface area contributed by atoms with E-state index in [4.69, 9.17) is 0 Å². The summed E-state index contributed by atoms with van der Waals surface area (Å²) in [5.41, 5.74) is 0.802. The third-order valence-corrected chi connectivity index (χ3v) is 3.63. The highest BCUT2D eigenvalue weighted by atomic mass is 79.9. The van der Waals surface area contributed by atoms with E-state index in [2.05, 4.69) is 21.2 Å². The fraction of sp³-hybridized carbons (Fsp3) is 0.500. The minimum Gasteiger partial charge on any atom is -0.316 e. The quantitative estimate of drug-likeness (QED) is 0.879. The molecule has 0 bridgehead atoms. The van der Waals surface area contributed by atoms with Crippen LogP contribution in [0.4, 0.5) is 8.78 Å². The summed E-state index contributed by atoms with van der Waals surface area (Å²) in [6.07, 6.45) is 0.541. The van der Waals surface area contributed by atoms with E-state index in [1.165, 1.54) is 6.07 Å². The van der Waals surface area contributed by atoms with Gasteiger partial charge in [0, 0.05) is 22.5 Å². The first kappa shape index (κ1) is 12.0. The van der Waals surface area contributed by atoms with Gasteiger partial charge in [0.1, 0.15) is 0 Å². The second-order valence-corrected chi connectivity index (χ2v) is 5.19. The molecule has 1 aromatic carbocycles. The van der Waals surface area contributed by atoms with Crippen LogP contribution in [0.15, 0.2) is 22.7 Å². The Labute approximate surface area is 102 Å². The van der Waals surface area contributed by atoms with Crippen molar-refractivity contribution in [3.63, 3.8) is 0 Å². The van der Waals surface area contributed by atoms with Crippen LogP contribution in [0.3, 0.4) is 0 Å². The lowest BCUT2D eigenvalue weighted by Crippen LogP contribution is -2.28. The highest BCUT2D eigenvalue weighted by molar-refractivity contribution is 9.10.